The molecule has 0 aliphatic heterocycles. The maximum absolute atomic E-state index is 12.4. The molecule has 1 amide bonds. The van der Waals surface area contributed by atoms with Crippen molar-refractivity contribution in [2.45, 2.75) is 86.1 Å². The molecule has 0 heterocycles. The number of rotatable bonds is 17. The minimum atomic E-state index is 0.125. The number of hydrogen-bond acceptors (Lipinski definition) is 2. The van der Waals surface area contributed by atoms with Gasteiger partial charge in [-0.3, -0.25) is 4.79 Å². The fourth-order valence-corrected chi connectivity index (χ4v) is 4.85. The molecule has 0 saturated carbocycles. The third kappa shape index (κ3) is 9.22. The summed E-state index contributed by atoms with van der Waals surface area (Å²) in [5.41, 5.74) is 1.32. The van der Waals surface area contributed by atoms with Gasteiger partial charge in [0, 0.05) is 24.7 Å². The fraction of sp³-hybridized carbons (Fsp3) is 0.741. The Morgan fingerprint density at radius 3 is 2.23 bits per heavy atom. The molecule has 31 heavy (non-hydrogen) atoms. The van der Waals surface area contributed by atoms with E-state index >= 15 is 0 Å². The Morgan fingerprint density at radius 1 is 0.968 bits per heavy atom. The van der Waals surface area contributed by atoms with Crippen molar-refractivity contribution in [2.75, 3.05) is 44.2 Å². The first-order chi connectivity index (χ1) is 14.9. The Kier molecular flexibility index (Phi) is 13.6. The average Bonchev–Trinajstić information content (AvgIpc) is 2.78. The molecule has 3 atom stereocenters. The van der Waals surface area contributed by atoms with E-state index in [-0.39, 0.29) is 11.8 Å². The minimum Gasteiger partial charge on any atom is -0.372 e. The third-order valence-electron chi connectivity index (χ3n) is 7.08. The van der Waals surface area contributed by atoms with E-state index in [2.05, 4.69) is 75.2 Å². The molecule has 4 nitrogen and oxygen atoms in total. The minimum absolute atomic E-state index is 0.125. The summed E-state index contributed by atoms with van der Waals surface area (Å²) >= 11 is 0. The molecule has 1 aromatic rings. The molecule has 0 aliphatic rings. The second-order valence-electron chi connectivity index (χ2n) is 9.22. The number of carbonyl (C=O) groups is 1. The van der Waals surface area contributed by atoms with Crippen LogP contribution in [0, 0.1) is 5.92 Å². The Balaban J connectivity index is 2.64. The van der Waals surface area contributed by atoms with Gasteiger partial charge in [0.1, 0.15) is 0 Å². The van der Waals surface area contributed by atoms with Gasteiger partial charge in [0.2, 0.25) is 5.91 Å². The van der Waals surface area contributed by atoms with Crippen LogP contribution in [0.2, 0.25) is 0 Å². The van der Waals surface area contributed by atoms with E-state index in [0.717, 1.165) is 50.0 Å². The summed E-state index contributed by atoms with van der Waals surface area (Å²) in [5.74, 6) is 0.347. The van der Waals surface area contributed by atoms with Crippen molar-refractivity contribution in [3.8, 4) is 0 Å². The molecule has 0 aliphatic carbocycles. The summed E-state index contributed by atoms with van der Waals surface area (Å²) in [6, 6.07) is 11.4. The van der Waals surface area contributed by atoms with Crippen LogP contribution in [-0.4, -0.2) is 55.7 Å². The fourth-order valence-electron chi connectivity index (χ4n) is 4.85. The number of unbranched alkanes of at least 4 members (excludes halogenated alkanes) is 1. The normalized spacial score (nSPS) is 15.2. The van der Waals surface area contributed by atoms with Gasteiger partial charge in [-0.2, -0.15) is 0 Å². The van der Waals surface area contributed by atoms with Crippen LogP contribution >= 0.6 is 0 Å². The number of likely N-dealkylation sites (N-methyl/N-ethyl adjacent to an activating group) is 1. The molecule has 178 valence electrons. The van der Waals surface area contributed by atoms with E-state index in [9.17, 15) is 4.79 Å². The van der Waals surface area contributed by atoms with Crippen LogP contribution < -0.4 is 10.2 Å². The number of anilines is 1. The van der Waals surface area contributed by atoms with Crippen LogP contribution in [0.5, 0.6) is 0 Å². The zero-order valence-corrected chi connectivity index (χ0v) is 21.3. The van der Waals surface area contributed by atoms with Crippen molar-refractivity contribution < 1.29 is 9.28 Å². The quantitative estimate of drug-likeness (QED) is 0.247. The van der Waals surface area contributed by atoms with Crippen molar-refractivity contribution >= 4 is 11.6 Å². The van der Waals surface area contributed by atoms with Crippen molar-refractivity contribution in [3.05, 3.63) is 30.3 Å². The number of quaternary nitrogens is 1. The van der Waals surface area contributed by atoms with Crippen LogP contribution in [0.15, 0.2) is 30.3 Å². The summed E-state index contributed by atoms with van der Waals surface area (Å²) in [4.78, 5) is 14.9. The first-order valence-electron chi connectivity index (χ1n) is 12.9. The second kappa shape index (κ2) is 15.3. The summed E-state index contributed by atoms with van der Waals surface area (Å²) < 4.78 is 1.12. The molecule has 3 unspecified atom stereocenters. The number of amides is 1. The largest absolute Gasteiger partial charge is 0.372 e. The van der Waals surface area contributed by atoms with Crippen molar-refractivity contribution in [1.29, 1.82) is 0 Å². The lowest BCUT2D eigenvalue weighted by molar-refractivity contribution is -0.947. The Hall–Kier alpha value is -1.55. The predicted octanol–water partition coefficient (Wildman–Crippen LogP) is 5.87. The summed E-state index contributed by atoms with van der Waals surface area (Å²) in [6.07, 6.45) is 6.95. The first kappa shape index (κ1) is 27.5. The average molecular weight is 433 g/mol. The van der Waals surface area contributed by atoms with Crippen LogP contribution in [-0.2, 0) is 4.79 Å². The molecule has 0 radical (unpaired) electrons. The molecule has 0 bridgehead atoms. The van der Waals surface area contributed by atoms with Gasteiger partial charge in [0.15, 0.2) is 0 Å². The van der Waals surface area contributed by atoms with E-state index < -0.39 is 0 Å². The van der Waals surface area contributed by atoms with Gasteiger partial charge in [-0.15, -0.1) is 0 Å². The molecular weight excluding hydrogens is 382 g/mol. The van der Waals surface area contributed by atoms with E-state index in [0.29, 0.717) is 6.04 Å². The number of nitrogens with zero attached hydrogens (tertiary/aromatic N) is 2. The highest BCUT2D eigenvalue weighted by Gasteiger charge is 2.31. The lowest BCUT2D eigenvalue weighted by atomic mass is 10.1. The Morgan fingerprint density at radius 2 is 1.65 bits per heavy atom. The van der Waals surface area contributed by atoms with Crippen LogP contribution in [0.1, 0.15) is 80.1 Å². The molecular formula is C27H50N3O+. The summed E-state index contributed by atoms with van der Waals surface area (Å²) in [7, 11) is 0. The van der Waals surface area contributed by atoms with Crippen LogP contribution in [0.4, 0.5) is 5.69 Å². The Bertz CT molecular complexity index is 591. The van der Waals surface area contributed by atoms with Crippen LogP contribution in [0.3, 0.4) is 0 Å². The summed E-state index contributed by atoms with van der Waals surface area (Å²) in [6.45, 7) is 19.8. The zero-order valence-electron chi connectivity index (χ0n) is 21.3. The van der Waals surface area contributed by atoms with Gasteiger partial charge in [-0.05, 0) is 58.6 Å². The molecule has 0 fully saturated rings. The lowest BCUT2D eigenvalue weighted by Crippen LogP contribution is -2.57. The number of para-hydroxylation sites is 1. The maximum atomic E-state index is 12.4. The SMILES string of the molecule is CCCC(C)C(=O)NCC[N+](CC)(CCCCN(CC)c1ccccc1)C(C)CCC. The molecule has 0 spiro atoms. The predicted molar refractivity (Wildman–Crippen MR) is 136 cm³/mol. The molecule has 0 saturated heterocycles. The molecule has 1 aromatic carbocycles. The standard InChI is InChI=1S/C27H49N3O/c1-7-16-24(5)27(31)28-20-23-30(10-4,25(6)17-8-2)22-15-14-21-29(9-3)26-18-12-11-13-19-26/h11-13,18-19,24-25H,7-10,14-17,20-23H2,1-6H3/p+1. The Labute approximate surface area is 193 Å². The van der Waals surface area contributed by atoms with Gasteiger partial charge in [-0.1, -0.05) is 51.8 Å². The molecule has 0 aromatic heterocycles. The van der Waals surface area contributed by atoms with Crippen molar-refractivity contribution in [1.82, 2.24) is 5.32 Å². The van der Waals surface area contributed by atoms with Gasteiger partial charge < -0.3 is 14.7 Å². The van der Waals surface area contributed by atoms with Gasteiger partial charge in [-0.25, -0.2) is 0 Å². The number of nitrogens with one attached hydrogen (secondary N) is 1. The highest BCUT2D eigenvalue weighted by molar-refractivity contribution is 5.78. The number of hydrogen-bond donors (Lipinski definition) is 1. The third-order valence-corrected chi connectivity index (χ3v) is 7.08. The monoisotopic (exact) mass is 432 g/mol. The topological polar surface area (TPSA) is 32.3 Å². The smallest absolute Gasteiger partial charge is 0.223 e. The van der Waals surface area contributed by atoms with Crippen molar-refractivity contribution in [3.63, 3.8) is 0 Å². The molecule has 4 heteroatoms. The van der Waals surface area contributed by atoms with Crippen molar-refractivity contribution in [2.24, 2.45) is 5.92 Å². The molecule has 1 N–H and O–H groups in total. The second-order valence-corrected chi connectivity index (χ2v) is 9.22. The van der Waals surface area contributed by atoms with E-state index in [1.165, 1.54) is 37.9 Å². The maximum Gasteiger partial charge on any atom is 0.223 e. The first-order valence-corrected chi connectivity index (χ1v) is 12.9. The van der Waals surface area contributed by atoms with E-state index in [1.54, 1.807) is 0 Å². The number of carbonyl (C=O) groups excluding carboxylic acids is 1. The highest BCUT2D eigenvalue weighted by Crippen LogP contribution is 2.20. The zero-order chi connectivity index (χ0) is 23.1. The van der Waals surface area contributed by atoms with E-state index in [4.69, 9.17) is 0 Å². The number of benzene rings is 1. The summed E-state index contributed by atoms with van der Waals surface area (Å²) in [5, 5.41) is 3.23. The van der Waals surface area contributed by atoms with Gasteiger partial charge >= 0.3 is 0 Å². The highest BCUT2D eigenvalue weighted by atomic mass is 16.1. The lowest BCUT2D eigenvalue weighted by Gasteiger charge is -2.43. The van der Waals surface area contributed by atoms with Gasteiger partial charge in [0.25, 0.3) is 0 Å². The van der Waals surface area contributed by atoms with E-state index in [1.807, 2.05) is 6.92 Å². The molecule has 1 rings (SSSR count). The van der Waals surface area contributed by atoms with Crippen LogP contribution in [0.25, 0.3) is 0 Å². The van der Waals surface area contributed by atoms with Gasteiger partial charge in [0.05, 0.1) is 32.2 Å².